The summed E-state index contributed by atoms with van der Waals surface area (Å²) in [7, 11) is 2.46. The van der Waals surface area contributed by atoms with Crippen molar-refractivity contribution >= 4 is 24.1 Å². The van der Waals surface area contributed by atoms with Gasteiger partial charge in [-0.3, -0.25) is 0 Å². The summed E-state index contributed by atoms with van der Waals surface area (Å²) in [6.45, 7) is 9.88. The average Bonchev–Trinajstić information content (AvgIpc) is 2.67. The van der Waals surface area contributed by atoms with Crippen molar-refractivity contribution in [3.8, 4) is 0 Å². The standard InChI is InChI=1S/C23H33NO8/c1-22(2,3)31-20(27)24(21(28)32-23(4,5)6)17(19(26)30-8)14-11-15-9-12-16(13-10-15)18(25)29-7/h9-10,12-13,17H,11,14H2,1-8H3. The molecule has 0 aliphatic heterocycles. The highest BCUT2D eigenvalue weighted by atomic mass is 16.6. The first-order valence-electron chi connectivity index (χ1n) is 10.2. The van der Waals surface area contributed by atoms with E-state index in [0.717, 1.165) is 5.56 Å². The number of benzene rings is 1. The topological polar surface area (TPSA) is 108 Å². The maximum atomic E-state index is 12.9. The summed E-state index contributed by atoms with van der Waals surface area (Å²) in [6.07, 6.45) is -1.65. The van der Waals surface area contributed by atoms with Crippen LogP contribution < -0.4 is 0 Å². The van der Waals surface area contributed by atoms with E-state index in [0.29, 0.717) is 16.9 Å². The molecule has 0 saturated carbocycles. The number of hydrogen-bond acceptors (Lipinski definition) is 8. The molecule has 1 aromatic carbocycles. The number of carbonyl (C=O) groups excluding carboxylic acids is 4. The van der Waals surface area contributed by atoms with Crippen LogP contribution in [-0.4, -0.2) is 60.5 Å². The normalized spacial score (nSPS) is 12.4. The molecular weight excluding hydrogens is 418 g/mol. The molecule has 1 rings (SSSR count). The maximum Gasteiger partial charge on any atom is 0.420 e. The van der Waals surface area contributed by atoms with Gasteiger partial charge < -0.3 is 18.9 Å². The van der Waals surface area contributed by atoms with Crippen LogP contribution in [0.25, 0.3) is 0 Å². The van der Waals surface area contributed by atoms with E-state index in [1.807, 2.05) is 0 Å². The zero-order valence-electron chi connectivity index (χ0n) is 20.0. The zero-order chi connectivity index (χ0) is 24.7. The first kappa shape index (κ1) is 26.9. The number of amides is 2. The van der Waals surface area contributed by atoms with Crippen molar-refractivity contribution in [2.45, 2.75) is 71.6 Å². The molecule has 0 saturated heterocycles. The largest absolute Gasteiger partial charge is 0.467 e. The molecule has 0 aliphatic carbocycles. The molecule has 9 nitrogen and oxygen atoms in total. The van der Waals surface area contributed by atoms with E-state index in [4.69, 9.17) is 14.2 Å². The van der Waals surface area contributed by atoms with Crippen LogP contribution in [0.4, 0.5) is 9.59 Å². The molecule has 32 heavy (non-hydrogen) atoms. The Kier molecular flexibility index (Phi) is 9.23. The summed E-state index contributed by atoms with van der Waals surface area (Å²) < 4.78 is 20.2. The van der Waals surface area contributed by atoms with Crippen molar-refractivity contribution in [3.63, 3.8) is 0 Å². The fourth-order valence-corrected chi connectivity index (χ4v) is 2.67. The third-order valence-corrected chi connectivity index (χ3v) is 4.05. The average molecular weight is 452 g/mol. The van der Waals surface area contributed by atoms with Gasteiger partial charge in [-0.2, -0.15) is 4.90 Å². The van der Waals surface area contributed by atoms with E-state index >= 15 is 0 Å². The van der Waals surface area contributed by atoms with Crippen LogP contribution in [0.15, 0.2) is 24.3 Å². The molecule has 178 valence electrons. The number of aryl methyl sites for hydroxylation is 1. The molecule has 9 heteroatoms. The van der Waals surface area contributed by atoms with Crippen molar-refractivity contribution in [2.75, 3.05) is 14.2 Å². The summed E-state index contributed by atoms with van der Waals surface area (Å²) >= 11 is 0. The molecule has 0 bridgehead atoms. The van der Waals surface area contributed by atoms with Crippen molar-refractivity contribution in [1.82, 2.24) is 4.90 Å². The number of methoxy groups -OCH3 is 2. The second-order valence-electron chi connectivity index (χ2n) is 9.10. The Morgan fingerprint density at radius 3 is 1.66 bits per heavy atom. The summed E-state index contributed by atoms with van der Waals surface area (Å²) in [6, 6.07) is 5.31. The minimum atomic E-state index is -1.27. The van der Waals surface area contributed by atoms with Crippen molar-refractivity contribution in [3.05, 3.63) is 35.4 Å². The fraction of sp³-hybridized carbons (Fsp3) is 0.565. The molecule has 0 fully saturated rings. The minimum absolute atomic E-state index is 0.0583. The molecular formula is C23H33NO8. The Morgan fingerprint density at radius 1 is 0.812 bits per heavy atom. The van der Waals surface area contributed by atoms with Gasteiger partial charge in [0.2, 0.25) is 0 Å². The second kappa shape index (κ2) is 11.0. The first-order valence-corrected chi connectivity index (χ1v) is 10.2. The zero-order valence-corrected chi connectivity index (χ0v) is 20.0. The van der Waals surface area contributed by atoms with Gasteiger partial charge in [-0.1, -0.05) is 12.1 Å². The van der Waals surface area contributed by atoms with Gasteiger partial charge >= 0.3 is 24.1 Å². The lowest BCUT2D eigenvalue weighted by Gasteiger charge is -2.32. The number of imide groups is 1. The van der Waals surface area contributed by atoms with Crippen LogP contribution >= 0.6 is 0 Å². The molecule has 2 amide bonds. The summed E-state index contributed by atoms with van der Waals surface area (Å²) in [5.74, 6) is -1.25. The van der Waals surface area contributed by atoms with Crippen LogP contribution in [0.2, 0.25) is 0 Å². The Hall–Kier alpha value is -3.10. The quantitative estimate of drug-likeness (QED) is 0.469. The minimum Gasteiger partial charge on any atom is -0.467 e. The lowest BCUT2D eigenvalue weighted by atomic mass is 10.0. The van der Waals surface area contributed by atoms with Gasteiger partial charge in [0.15, 0.2) is 0 Å². The SMILES string of the molecule is COC(=O)c1ccc(CCC(C(=O)OC)N(C(=O)OC(C)(C)C)C(=O)OC(C)(C)C)cc1. The Labute approximate surface area is 188 Å². The summed E-state index contributed by atoms with van der Waals surface area (Å²) in [4.78, 5) is 50.5. The maximum absolute atomic E-state index is 12.9. The molecule has 0 aliphatic rings. The van der Waals surface area contributed by atoms with Crippen molar-refractivity contribution < 1.29 is 38.1 Å². The number of hydrogen-bond donors (Lipinski definition) is 0. The van der Waals surface area contributed by atoms with Gasteiger partial charge in [0.1, 0.15) is 17.2 Å². The Morgan fingerprint density at radius 2 is 1.28 bits per heavy atom. The van der Waals surface area contributed by atoms with Crippen molar-refractivity contribution in [2.24, 2.45) is 0 Å². The van der Waals surface area contributed by atoms with E-state index in [-0.39, 0.29) is 6.42 Å². The second-order valence-corrected chi connectivity index (χ2v) is 9.10. The van der Waals surface area contributed by atoms with Crippen molar-refractivity contribution in [1.29, 1.82) is 0 Å². The van der Waals surface area contributed by atoms with Gasteiger partial charge in [-0.25, -0.2) is 19.2 Å². The van der Waals surface area contributed by atoms with Gasteiger partial charge in [-0.15, -0.1) is 0 Å². The van der Waals surface area contributed by atoms with Crippen LogP contribution in [0.1, 0.15) is 63.9 Å². The molecule has 1 unspecified atom stereocenters. The first-order chi connectivity index (χ1) is 14.7. The number of carbonyl (C=O) groups is 4. The highest BCUT2D eigenvalue weighted by molar-refractivity contribution is 5.94. The molecule has 1 aromatic rings. The molecule has 0 aromatic heterocycles. The molecule has 0 heterocycles. The van der Waals surface area contributed by atoms with E-state index in [1.165, 1.54) is 14.2 Å². The van der Waals surface area contributed by atoms with Gasteiger partial charge in [0.25, 0.3) is 0 Å². The Balaban J connectivity index is 3.19. The smallest absolute Gasteiger partial charge is 0.420 e. The lowest BCUT2D eigenvalue weighted by Crippen LogP contribution is -2.52. The lowest BCUT2D eigenvalue weighted by molar-refractivity contribution is -0.146. The summed E-state index contributed by atoms with van der Waals surface area (Å²) in [5, 5.41) is 0. The van der Waals surface area contributed by atoms with Gasteiger partial charge in [0, 0.05) is 0 Å². The monoisotopic (exact) mass is 451 g/mol. The predicted octanol–water partition coefficient (Wildman–Crippen LogP) is 4.12. The Bertz CT molecular complexity index is 790. The van der Waals surface area contributed by atoms with Crippen LogP contribution in [-0.2, 0) is 30.2 Å². The van der Waals surface area contributed by atoms with Crippen LogP contribution in [0.3, 0.4) is 0 Å². The number of rotatable bonds is 6. The molecule has 0 N–H and O–H groups in total. The van der Waals surface area contributed by atoms with E-state index in [9.17, 15) is 19.2 Å². The number of nitrogens with zero attached hydrogens (tertiary/aromatic N) is 1. The molecule has 1 atom stereocenters. The van der Waals surface area contributed by atoms with Crippen LogP contribution in [0.5, 0.6) is 0 Å². The number of ether oxygens (including phenoxy) is 4. The van der Waals surface area contributed by atoms with E-state index < -0.39 is 41.4 Å². The van der Waals surface area contributed by atoms with E-state index in [2.05, 4.69) is 4.74 Å². The predicted molar refractivity (Wildman–Crippen MR) is 116 cm³/mol. The molecule has 0 spiro atoms. The summed E-state index contributed by atoms with van der Waals surface area (Å²) in [5.41, 5.74) is -0.645. The highest BCUT2D eigenvalue weighted by Crippen LogP contribution is 2.20. The van der Waals surface area contributed by atoms with Gasteiger partial charge in [0.05, 0.1) is 19.8 Å². The van der Waals surface area contributed by atoms with Crippen LogP contribution in [0, 0.1) is 0 Å². The number of esters is 2. The third kappa shape index (κ3) is 8.56. The highest BCUT2D eigenvalue weighted by Gasteiger charge is 2.40. The fourth-order valence-electron chi connectivity index (χ4n) is 2.67. The molecule has 0 radical (unpaired) electrons. The van der Waals surface area contributed by atoms with E-state index in [1.54, 1.807) is 65.8 Å². The third-order valence-electron chi connectivity index (χ3n) is 4.05. The van der Waals surface area contributed by atoms with Gasteiger partial charge in [-0.05, 0) is 72.1 Å².